The summed E-state index contributed by atoms with van der Waals surface area (Å²) in [5.74, 6) is -3.49. The molecule has 1 fully saturated rings. The van der Waals surface area contributed by atoms with Crippen molar-refractivity contribution in [3.8, 4) is 11.8 Å². The lowest BCUT2D eigenvalue weighted by molar-refractivity contribution is 0.122. The number of rotatable bonds is 6. The molecule has 0 amide bonds. The van der Waals surface area contributed by atoms with Gasteiger partial charge in [0, 0.05) is 29.4 Å². The lowest BCUT2D eigenvalue weighted by Crippen LogP contribution is -2.12. The number of nitrogens with zero attached hydrogens (tertiary/aromatic N) is 3. The molecular weight excluding hydrogens is 429 g/mol. The molecule has 4 nitrogen and oxygen atoms in total. The van der Waals surface area contributed by atoms with Gasteiger partial charge in [-0.25, -0.2) is 26.9 Å². The third-order valence-electron chi connectivity index (χ3n) is 4.79. The number of hydrogen-bond donors (Lipinski definition) is 0. The summed E-state index contributed by atoms with van der Waals surface area (Å²) in [6.45, 7) is -0.742. The van der Waals surface area contributed by atoms with Gasteiger partial charge in [-0.2, -0.15) is 0 Å². The molecule has 0 aliphatic heterocycles. The highest BCUT2D eigenvalue weighted by Crippen LogP contribution is 2.27. The van der Waals surface area contributed by atoms with E-state index in [0.29, 0.717) is 17.2 Å². The highest BCUT2D eigenvalue weighted by molar-refractivity contribution is 6.00. The SMILES string of the molecule is Fc1c(F)c(F)c(CON=C(Cn2ccnc2)c2ccc(C#CC3CC3)cc2)c(F)c1F. The molecule has 164 valence electrons. The maximum absolute atomic E-state index is 13.9. The molecule has 0 N–H and O–H groups in total. The Balaban J connectivity index is 1.56. The Bertz CT molecular complexity index is 1180. The van der Waals surface area contributed by atoms with Crippen LogP contribution >= 0.6 is 0 Å². The Labute approximate surface area is 180 Å². The van der Waals surface area contributed by atoms with Crippen LogP contribution in [0.2, 0.25) is 0 Å². The predicted octanol–water partition coefficient (Wildman–Crippen LogP) is 4.96. The van der Waals surface area contributed by atoms with Gasteiger partial charge in [0.15, 0.2) is 23.3 Å². The molecule has 1 aliphatic carbocycles. The van der Waals surface area contributed by atoms with Crippen LogP contribution in [0, 0.1) is 46.8 Å². The van der Waals surface area contributed by atoms with Crippen molar-refractivity contribution in [2.45, 2.75) is 26.0 Å². The highest BCUT2D eigenvalue weighted by Gasteiger charge is 2.26. The van der Waals surface area contributed by atoms with E-state index in [-0.39, 0.29) is 6.54 Å². The fourth-order valence-corrected chi connectivity index (χ4v) is 2.84. The Kier molecular flexibility index (Phi) is 6.21. The van der Waals surface area contributed by atoms with Gasteiger partial charge in [-0.3, -0.25) is 0 Å². The van der Waals surface area contributed by atoms with E-state index in [9.17, 15) is 22.0 Å². The predicted molar refractivity (Wildman–Crippen MR) is 106 cm³/mol. The first kappa shape index (κ1) is 21.6. The van der Waals surface area contributed by atoms with Crippen LogP contribution in [-0.2, 0) is 18.0 Å². The molecule has 0 bridgehead atoms. The number of aromatic nitrogens is 2. The molecule has 1 aliphatic rings. The third kappa shape index (κ3) is 4.80. The second-order valence-corrected chi connectivity index (χ2v) is 7.22. The van der Waals surface area contributed by atoms with E-state index in [1.165, 1.54) is 6.33 Å². The summed E-state index contributed by atoms with van der Waals surface area (Å²) >= 11 is 0. The summed E-state index contributed by atoms with van der Waals surface area (Å²) in [5.41, 5.74) is 0.712. The molecule has 3 aromatic rings. The molecule has 0 unspecified atom stereocenters. The monoisotopic (exact) mass is 445 g/mol. The number of halogens is 5. The van der Waals surface area contributed by atoms with Gasteiger partial charge in [-0.15, -0.1) is 0 Å². The second kappa shape index (κ2) is 9.22. The van der Waals surface area contributed by atoms with E-state index in [0.717, 1.165) is 18.4 Å². The van der Waals surface area contributed by atoms with Gasteiger partial charge in [0.1, 0.15) is 12.3 Å². The van der Waals surface area contributed by atoms with Crippen LogP contribution < -0.4 is 0 Å². The van der Waals surface area contributed by atoms with Crippen LogP contribution in [0.4, 0.5) is 22.0 Å². The van der Waals surface area contributed by atoms with E-state index < -0.39 is 41.3 Å². The minimum Gasteiger partial charge on any atom is -0.390 e. The van der Waals surface area contributed by atoms with E-state index >= 15 is 0 Å². The molecule has 1 saturated carbocycles. The molecule has 1 aromatic heterocycles. The summed E-state index contributed by atoms with van der Waals surface area (Å²) in [5, 5.41) is 3.90. The molecule has 2 aromatic carbocycles. The Morgan fingerprint density at radius 1 is 1.00 bits per heavy atom. The quantitative estimate of drug-likeness (QED) is 0.134. The van der Waals surface area contributed by atoms with Crippen molar-refractivity contribution in [3.63, 3.8) is 0 Å². The molecular formula is C23H16F5N3O. The highest BCUT2D eigenvalue weighted by atomic mass is 19.2. The van der Waals surface area contributed by atoms with Crippen molar-refractivity contribution >= 4 is 5.71 Å². The van der Waals surface area contributed by atoms with Crippen LogP contribution in [0.1, 0.15) is 29.5 Å². The molecule has 4 rings (SSSR count). The van der Waals surface area contributed by atoms with Crippen molar-refractivity contribution in [2.24, 2.45) is 11.1 Å². The summed E-state index contributed by atoms with van der Waals surface area (Å²) in [4.78, 5) is 8.94. The van der Waals surface area contributed by atoms with Crippen LogP contribution in [0.25, 0.3) is 0 Å². The van der Waals surface area contributed by atoms with E-state index in [1.54, 1.807) is 41.2 Å². The summed E-state index contributed by atoms with van der Waals surface area (Å²) in [6.07, 6.45) is 7.01. The molecule has 0 spiro atoms. The average molecular weight is 445 g/mol. The minimum absolute atomic E-state index is 0.199. The van der Waals surface area contributed by atoms with Gasteiger partial charge in [0.2, 0.25) is 5.82 Å². The molecule has 1 heterocycles. The topological polar surface area (TPSA) is 39.4 Å². The number of benzene rings is 2. The van der Waals surface area contributed by atoms with Gasteiger partial charge >= 0.3 is 0 Å². The third-order valence-corrected chi connectivity index (χ3v) is 4.79. The van der Waals surface area contributed by atoms with Crippen molar-refractivity contribution in [1.82, 2.24) is 9.55 Å². The zero-order chi connectivity index (χ0) is 22.7. The van der Waals surface area contributed by atoms with Gasteiger partial charge in [-0.1, -0.05) is 29.1 Å². The Morgan fingerprint density at radius 2 is 1.66 bits per heavy atom. The summed E-state index contributed by atoms with van der Waals surface area (Å²) < 4.78 is 69.4. The van der Waals surface area contributed by atoms with Crippen LogP contribution in [0.3, 0.4) is 0 Å². The van der Waals surface area contributed by atoms with Crippen molar-refractivity contribution in [1.29, 1.82) is 0 Å². The number of imidazole rings is 1. The minimum atomic E-state index is -2.22. The summed E-state index contributed by atoms with van der Waals surface area (Å²) in [6, 6.07) is 7.12. The Hall–Kier alpha value is -3.67. The van der Waals surface area contributed by atoms with E-state index in [2.05, 4.69) is 22.0 Å². The maximum atomic E-state index is 13.9. The summed E-state index contributed by atoms with van der Waals surface area (Å²) in [7, 11) is 0. The molecule has 0 saturated heterocycles. The van der Waals surface area contributed by atoms with Gasteiger partial charge in [0.05, 0.1) is 18.4 Å². The Morgan fingerprint density at radius 3 is 2.25 bits per heavy atom. The largest absolute Gasteiger partial charge is 0.390 e. The van der Waals surface area contributed by atoms with Crippen LogP contribution in [-0.4, -0.2) is 15.3 Å². The number of oxime groups is 1. The fourth-order valence-electron chi connectivity index (χ4n) is 2.84. The maximum Gasteiger partial charge on any atom is 0.200 e. The lowest BCUT2D eigenvalue weighted by Gasteiger charge is -2.10. The average Bonchev–Trinajstić information content (AvgIpc) is 3.50. The smallest absolute Gasteiger partial charge is 0.200 e. The zero-order valence-electron chi connectivity index (χ0n) is 16.6. The first-order valence-corrected chi connectivity index (χ1v) is 9.71. The zero-order valence-corrected chi connectivity index (χ0v) is 16.6. The van der Waals surface area contributed by atoms with Crippen molar-refractivity contribution in [2.75, 3.05) is 0 Å². The lowest BCUT2D eigenvalue weighted by atomic mass is 10.1. The number of hydrogen-bond acceptors (Lipinski definition) is 3. The van der Waals surface area contributed by atoms with Gasteiger partial charge in [0.25, 0.3) is 0 Å². The molecule has 0 radical (unpaired) electrons. The normalized spacial score (nSPS) is 13.6. The first-order valence-electron chi connectivity index (χ1n) is 9.71. The molecule has 9 heteroatoms. The standard InChI is InChI=1S/C23H16F5N3O/c24-19-17(20(25)22(27)23(28)21(19)26)12-32-30-18(11-31-10-9-29-13-31)16-7-5-15(6-8-16)4-3-14-1-2-14/h5-10,13-14H,1-2,11-12H2. The van der Waals surface area contributed by atoms with Gasteiger partial charge in [-0.05, 0) is 25.0 Å². The van der Waals surface area contributed by atoms with E-state index in [1.807, 2.05) is 0 Å². The molecule has 32 heavy (non-hydrogen) atoms. The first-order chi connectivity index (χ1) is 15.4. The van der Waals surface area contributed by atoms with E-state index in [4.69, 9.17) is 4.84 Å². The van der Waals surface area contributed by atoms with Gasteiger partial charge < -0.3 is 9.40 Å². The van der Waals surface area contributed by atoms with Crippen LogP contribution in [0.15, 0.2) is 48.1 Å². The fraction of sp³-hybridized carbons (Fsp3) is 0.217. The molecule has 0 atom stereocenters. The van der Waals surface area contributed by atoms with Crippen LogP contribution in [0.5, 0.6) is 0 Å². The second-order valence-electron chi connectivity index (χ2n) is 7.22. The van der Waals surface area contributed by atoms with Crippen molar-refractivity contribution < 1.29 is 26.8 Å². The van der Waals surface area contributed by atoms with Crippen molar-refractivity contribution in [3.05, 3.63) is 88.8 Å².